The van der Waals surface area contributed by atoms with Gasteiger partial charge in [-0.05, 0) is 53.9 Å². The number of hydrogen-bond acceptors (Lipinski definition) is 2. The number of benzene rings is 2. The number of nitrogens with two attached hydrogens (primary N) is 1. The van der Waals surface area contributed by atoms with Crippen molar-refractivity contribution in [1.82, 2.24) is 4.57 Å². The molecule has 1 aliphatic heterocycles. The van der Waals surface area contributed by atoms with Crippen LogP contribution < -0.4 is 10.6 Å². The van der Waals surface area contributed by atoms with Crippen molar-refractivity contribution in [3.05, 3.63) is 111 Å². The average molecular weight is 492 g/mol. The molecule has 1 aliphatic carbocycles. The first-order valence-corrected chi connectivity index (χ1v) is 11.7. The van der Waals surface area contributed by atoms with Crippen LogP contribution in [0.25, 0.3) is 0 Å². The molecule has 3 aromatic rings. The second kappa shape index (κ2) is 8.49. The van der Waals surface area contributed by atoms with E-state index in [0.29, 0.717) is 17.1 Å². The Bertz CT molecular complexity index is 1390. The molecule has 2 aromatic carbocycles. The number of halogens is 2. The summed E-state index contributed by atoms with van der Waals surface area (Å²) in [5.74, 6) is -0.657. The Kier molecular flexibility index (Phi) is 5.62. The molecule has 1 aromatic heterocycles. The van der Waals surface area contributed by atoms with Crippen LogP contribution in [0.3, 0.4) is 0 Å². The highest BCUT2D eigenvalue weighted by molar-refractivity contribution is 6.34. The summed E-state index contributed by atoms with van der Waals surface area (Å²) in [5, 5.41) is 0.328. The largest absolute Gasteiger partial charge is 0.366 e. The predicted octanol–water partition coefficient (Wildman–Crippen LogP) is 5.38. The van der Waals surface area contributed by atoms with Crippen molar-refractivity contribution in [3.8, 4) is 0 Å². The SMILES string of the molecule is Cc1cc(C(=O)N2Cc3cccn3Cc3ccccc32)ccc1C1(Cl)C=CC(C(N)=O)=C(Cl)C1. The van der Waals surface area contributed by atoms with E-state index >= 15 is 0 Å². The van der Waals surface area contributed by atoms with Crippen molar-refractivity contribution in [2.45, 2.75) is 31.3 Å². The van der Waals surface area contributed by atoms with Gasteiger partial charge in [0.1, 0.15) is 0 Å². The van der Waals surface area contributed by atoms with Crippen molar-refractivity contribution < 1.29 is 9.59 Å². The molecule has 0 spiro atoms. The summed E-state index contributed by atoms with van der Waals surface area (Å²) in [7, 11) is 0. The Balaban J connectivity index is 1.48. The maximum Gasteiger partial charge on any atom is 0.258 e. The molecule has 1 unspecified atom stereocenters. The third kappa shape index (κ3) is 3.85. The number of carbonyl (C=O) groups is 2. The summed E-state index contributed by atoms with van der Waals surface area (Å²) in [6.45, 7) is 3.14. The van der Waals surface area contributed by atoms with E-state index < -0.39 is 10.8 Å². The van der Waals surface area contributed by atoms with Crippen LogP contribution >= 0.6 is 23.2 Å². The molecule has 7 heteroatoms. The number of primary amides is 1. The third-order valence-electron chi connectivity index (χ3n) is 6.52. The number of anilines is 1. The first-order valence-electron chi connectivity index (χ1n) is 11.0. The number of fused-ring (bicyclic) bond motifs is 2. The molecule has 0 radical (unpaired) electrons. The van der Waals surface area contributed by atoms with Gasteiger partial charge in [0.05, 0.1) is 17.0 Å². The Labute approximate surface area is 208 Å². The zero-order valence-corrected chi connectivity index (χ0v) is 20.1. The first kappa shape index (κ1) is 22.5. The maximum absolute atomic E-state index is 13.7. The van der Waals surface area contributed by atoms with Gasteiger partial charge in [0, 0.05) is 41.1 Å². The fourth-order valence-corrected chi connectivity index (χ4v) is 5.62. The highest BCUT2D eigenvalue weighted by Gasteiger charge is 2.34. The number of rotatable bonds is 3. The van der Waals surface area contributed by atoms with Crippen LogP contribution in [0, 0.1) is 6.92 Å². The van der Waals surface area contributed by atoms with Crippen LogP contribution in [0.1, 0.15) is 39.2 Å². The van der Waals surface area contributed by atoms with Crippen LogP contribution in [0.5, 0.6) is 0 Å². The summed E-state index contributed by atoms with van der Waals surface area (Å²) in [6.07, 6.45) is 5.60. The normalized spacial score (nSPS) is 19.4. The van der Waals surface area contributed by atoms with Crippen LogP contribution in [-0.2, 0) is 22.8 Å². The van der Waals surface area contributed by atoms with Crippen molar-refractivity contribution >= 4 is 40.7 Å². The van der Waals surface area contributed by atoms with E-state index in [4.69, 9.17) is 28.9 Å². The van der Waals surface area contributed by atoms with Gasteiger partial charge in [-0.15, -0.1) is 11.6 Å². The molecule has 0 saturated heterocycles. The number of carbonyl (C=O) groups excluding carboxylic acids is 2. The highest BCUT2D eigenvalue weighted by atomic mass is 35.5. The Hall–Kier alpha value is -3.28. The molecule has 34 heavy (non-hydrogen) atoms. The molecule has 2 N–H and O–H groups in total. The monoisotopic (exact) mass is 491 g/mol. The lowest BCUT2D eigenvalue weighted by atomic mass is 9.85. The summed E-state index contributed by atoms with van der Waals surface area (Å²) in [4.78, 5) is 26.2. The van der Waals surface area contributed by atoms with E-state index in [-0.39, 0.29) is 17.9 Å². The van der Waals surface area contributed by atoms with Crippen molar-refractivity contribution in [2.24, 2.45) is 5.73 Å². The third-order valence-corrected chi connectivity index (χ3v) is 7.32. The van der Waals surface area contributed by atoms with Crippen LogP contribution in [0.15, 0.2) is 83.6 Å². The fourth-order valence-electron chi connectivity index (χ4n) is 4.77. The van der Waals surface area contributed by atoms with E-state index in [0.717, 1.165) is 34.6 Å². The number of hydrogen-bond donors (Lipinski definition) is 1. The standard InChI is InChI=1S/C27H23Cl2N3O2/c1-17-13-18(8-9-22(17)27(29)11-10-21(25(30)33)23(28)14-27)26(34)32-16-20-6-4-12-31(20)15-19-5-2-3-7-24(19)32/h2-13H,14-16H2,1H3,(H2,30,33). The van der Waals surface area contributed by atoms with Gasteiger partial charge in [-0.2, -0.15) is 0 Å². The molecule has 0 bridgehead atoms. The second-order valence-corrected chi connectivity index (χ2v) is 9.86. The minimum Gasteiger partial charge on any atom is -0.366 e. The molecule has 2 aliphatic rings. The quantitative estimate of drug-likeness (QED) is 0.499. The van der Waals surface area contributed by atoms with Gasteiger partial charge >= 0.3 is 0 Å². The summed E-state index contributed by atoms with van der Waals surface area (Å²) in [6, 6.07) is 17.6. The fraction of sp³-hybridized carbons (Fsp3) is 0.185. The van der Waals surface area contributed by atoms with Gasteiger partial charge in [-0.3, -0.25) is 9.59 Å². The smallest absolute Gasteiger partial charge is 0.258 e. The molecule has 5 nitrogen and oxygen atoms in total. The predicted molar refractivity (Wildman–Crippen MR) is 135 cm³/mol. The van der Waals surface area contributed by atoms with Crippen molar-refractivity contribution in [2.75, 3.05) is 4.90 Å². The van der Waals surface area contributed by atoms with E-state index in [1.54, 1.807) is 18.2 Å². The molecule has 172 valence electrons. The number of allylic oxidation sites excluding steroid dienone is 2. The van der Waals surface area contributed by atoms with Crippen LogP contribution in [-0.4, -0.2) is 16.4 Å². The van der Waals surface area contributed by atoms with Crippen LogP contribution in [0.4, 0.5) is 5.69 Å². The molecular formula is C27H23Cl2N3O2. The molecule has 2 amide bonds. The van der Waals surface area contributed by atoms with E-state index in [2.05, 4.69) is 10.6 Å². The molecular weight excluding hydrogens is 469 g/mol. The van der Waals surface area contributed by atoms with Gasteiger partial charge in [-0.1, -0.05) is 48.0 Å². The second-order valence-electron chi connectivity index (χ2n) is 8.73. The van der Waals surface area contributed by atoms with Gasteiger partial charge in [-0.25, -0.2) is 0 Å². The number of para-hydroxylation sites is 1. The lowest BCUT2D eigenvalue weighted by Crippen LogP contribution is -2.31. The van der Waals surface area contributed by atoms with Crippen LogP contribution in [0.2, 0.25) is 0 Å². The minimum absolute atomic E-state index is 0.0755. The van der Waals surface area contributed by atoms with Crippen molar-refractivity contribution in [3.63, 3.8) is 0 Å². The Morgan fingerprint density at radius 2 is 1.85 bits per heavy atom. The van der Waals surface area contributed by atoms with Gasteiger partial charge in [0.2, 0.25) is 5.91 Å². The summed E-state index contributed by atoms with van der Waals surface area (Å²) >= 11 is 13.3. The number of nitrogens with zero attached hydrogens (tertiary/aromatic N) is 2. The Morgan fingerprint density at radius 1 is 1.06 bits per heavy atom. The summed E-state index contributed by atoms with van der Waals surface area (Å²) < 4.78 is 2.17. The zero-order chi connectivity index (χ0) is 24.0. The van der Waals surface area contributed by atoms with Gasteiger partial charge < -0.3 is 15.2 Å². The van der Waals surface area contributed by atoms with Gasteiger partial charge in [0.25, 0.3) is 5.91 Å². The number of amides is 2. The number of alkyl halides is 1. The topological polar surface area (TPSA) is 68.3 Å². The first-order chi connectivity index (χ1) is 16.3. The van der Waals surface area contributed by atoms with E-state index in [1.807, 2.05) is 60.5 Å². The van der Waals surface area contributed by atoms with Crippen molar-refractivity contribution in [1.29, 1.82) is 0 Å². The lowest BCUT2D eigenvalue weighted by molar-refractivity contribution is -0.114. The number of aryl methyl sites for hydroxylation is 1. The highest BCUT2D eigenvalue weighted by Crippen LogP contribution is 2.44. The minimum atomic E-state index is -0.919. The van der Waals surface area contributed by atoms with Gasteiger partial charge in [0.15, 0.2) is 0 Å². The molecule has 0 fully saturated rings. The number of aromatic nitrogens is 1. The molecule has 2 heterocycles. The molecule has 1 atom stereocenters. The van der Waals surface area contributed by atoms with E-state index in [9.17, 15) is 9.59 Å². The molecule has 5 rings (SSSR count). The maximum atomic E-state index is 13.7. The summed E-state index contributed by atoms with van der Waals surface area (Å²) in [5.41, 5.74) is 11.0. The zero-order valence-electron chi connectivity index (χ0n) is 18.6. The molecule has 0 saturated carbocycles. The lowest BCUT2D eigenvalue weighted by Gasteiger charge is -2.29. The Morgan fingerprint density at radius 3 is 2.59 bits per heavy atom. The average Bonchev–Trinajstić information content (AvgIpc) is 3.17. The van der Waals surface area contributed by atoms with E-state index in [1.165, 1.54) is 0 Å².